The highest BCUT2D eigenvalue weighted by molar-refractivity contribution is 14.1. The summed E-state index contributed by atoms with van der Waals surface area (Å²) >= 11 is 2.05. The highest BCUT2D eigenvalue weighted by Gasteiger charge is 2.13. The fourth-order valence-electron chi connectivity index (χ4n) is 1.93. The summed E-state index contributed by atoms with van der Waals surface area (Å²) in [4.78, 5) is 20.7. The van der Waals surface area contributed by atoms with Gasteiger partial charge in [-0.2, -0.15) is 0 Å². The lowest BCUT2D eigenvalue weighted by Gasteiger charge is -2.23. The number of nitrogens with zero attached hydrogens (tertiary/aromatic N) is 2. The van der Waals surface area contributed by atoms with E-state index in [0.717, 1.165) is 25.3 Å². The number of benzene rings is 1. The van der Waals surface area contributed by atoms with Crippen molar-refractivity contribution >= 4 is 28.4 Å². The molecule has 100 valence electrons. The van der Waals surface area contributed by atoms with Crippen molar-refractivity contribution in [2.75, 3.05) is 11.4 Å². The number of hydrogen-bond donors (Lipinski definition) is 1. The van der Waals surface area contributed by atoms with Crippen molar-refractivity contribution in [2.24, 2.45) is 0 Å². The molecule has 0 bridgehead atoms. The van der Waals surface area contributed by atoms with Crippen LogP contribution in [0, 0.1) is 3.57 Å². The predicted octanol–water partition coefficient (Wildman–Crippen LogP) is 2.79. The van der Waals surface area contributed by atoms with Crippen LogP contribution in [0.4, 0.5) is 5.82 Å². The Morgan fingerprint density at radius 2 is 2.05 bits per heavy atom. The molecule has 19 heavy (non-hydrogen) atoms. The lowest BCUT2D eigenvalue weighted by Crippen LogP contribution is -2.28. The summed E-state index contributed by atoms with van der Waals surface area (Å²) in [6, 6.07) is 10.2. The molecule has 1 aromatic heterocycles. The van der Waals surface area contributed by atoms with Gasteiger partial charge in [0.2, 0.25) is 0 Å². The Morgan fingerprint density at radius 3 is 2.74 bits per heavy atom. The molecule has 0 aliphatic heterocycles. The number of H-pyrrole nitrogens is 1. The van der Waals surface area contributed by atoms with E-state index in [9.17, 15) is 4.79 Å². The molecule has 0 fully saturated rings. The van der Waals surface area contributed by atoms with E-state index in [4.69, 9.17) is 0 Å². The number of hydrogen-bond acceptors (Lipinski definition) is 3. The van der Waals surface area contributed by atoms with Gasteiger partial charge in [-0.3, -0.25) is 4.79 Å². The van der Waals surface area contributed by atoms with Crippen LogP contribution in [0.3, 0.4) is 0 Å². The number of halogens is 1. The minimum Gasteiger partial charge on any atom is -0.351 e. The quantitative estimate of drug-likeness (QED) is 0.825. The lowest BCUT2D eigenvalue weighted by atomic mass is 10.2. The zero-order valence-electron chi connectivity index (χ0n) is 10.8. The van der Waals surface area contributed by atoms with E-state index in [2.05, 4.69) is 56.5 Å². The van der Waals surface area contributed by atoms with E-state index in [-0.39, 0.29) is 5.56 Å². The second-order valence-corrected chi connectivity index (χ2v) is 5.36. The summed E-state index contributed by atoms with van der Waals surface area (Å²) in [7, 11) is 0. The average Bonchev–Trinajstić information content (AvgIpc) is 2.43. The first-order valence-corrected chi connectivity index (χ1v) is 7.32. The van der Waals surface area contributed by atoms with E-state index in [1.54, 1.807) is 0 Å². The van der Waals surface area contributed by atoms with Crippen molar-refractivity contribution < 1.29 is 0 Å². The molecule has 1 N–H and O–H groups in total. The van der Waals surface area contributed by atoms with Gasteiger partial charge in [0.1, 0.15) is 9.39 Å². The maximum atomic E-state index is 11.7. The zero-order valence-corrected chi connectivity index (χ0v) is 12.9. The molecule has 0 aliphatic carbocycles. The minimum absolute atomic E-state index is 0.0836. The number of anilines is 1. The second kappa shape index (κ2) is 6.70. The van der Waals surface area contributed by atoms with Gasteiger partial charge in [-0.1, -0.05) is 37.3 Å². The highest BCUT2D eigenvalue weighted by Crippen LogP contribution is 2.18. The molecule has 0 unspecified atom stereocenters. The van der Waals surface area contributed by atoms with Gasteiger partial charge < -0.3 is 9.88 Å². The molecule has 4 nitrogen and oxygen atoms in total. The van der Waals surface area contributed by atoms with Crippen LogP contribution in [0.25, 0.3) is 0 Å². The van der Waals surface area contributed by atoms with E-state index >= 15 is 0 Å². The van der Waals surface area contributed by atoms with Crippen LogP contribution < -0.4 is 10.5 Å². The lowest BCUT2D eigenvalue weighted by molar-refractivity contribution is 0.748. The van der Waals surface area contributed by atoms with Crippen LogP contribution in [0.5, 0.6) is 0 Å². The van der Waals surface area contributed by atoms with Crippen molar-refractivity contribution in [3.8, 4) is 0 Å². The monoisotopic (exact) mass is 369 g/mol. The Hall–Kier alpha value is -1.37. The second-order valence-electron chi connectivity index (χ2n) is 4.28. The number of aromatic nitrogens is 2. The van der Waals surface area contributed by atoms with Gasteiger partial charge in [-0.25, -0.2) is 4.98 Å². The Kier molecular flexibility index (Phi) is 4.95. The van der Waals surface area contributed by atoms with Crippen LogP contribution in [0.2, 0.25) is 0 Å². The molecule has 1 heterocycles. The largest absolute Gasteiger partial charge is 0.351 e. The molecule has 0 spiro atoms. The summed E-state index contributed by atoms with van der Waals surface area (Å²) in [5.41, 5.74) is 1.13. The fraction of sp³-hybridized carbons (Fsp3) is 0.286. The predicted molar refractivity (Wildman–Crippen MR) is 85.4 cm³/mol. The highest BCUT2D eigenvalue weighted by atomic mass is 127. The Bertz CT molecular complexity index is 583. The van der Waals surface area contributed by atoms with E-state index in [1.807, 2.05) is 18.2 Å². The van der Waals surface area contributed by atoms with Crippen molar-refractivity contribution in [3.05, 3.63) is 56.1 Å². The summed E-state index contributed by atoms with van der Waals surface area (Å²) < 4.78 is 0.643. The van der Waals surface area contributed by atoms with Gasteiger partial charge in [-0.15, -0.1) is 0 Å². The maximum absolute atomic E-state index is 11.7. The standard InChI is InChI=1S/C14H16IN3O/c1-2-8-18(9-11-6-4-3-5-7-11)13-12(15)14(19)17-10-16-13/h3-7,10H,2,8-9H2,1H3,(H,16,17,19). The van der Waals surface area contributed by atoms with Gasteiger partial charge >= 0.3 is 0 Å². The van der Waals surface area contributed by atoms with Gasteiger partial charge in [0.25, 0.3) is 5.56 Å². The third-order valence-electron chi connectivity index (χ3n) is 2.79. The van der Waals surface area contributed by atoms with Gasteiger partial charge in [0, 0.05) is 13.1 Å². The molecule has 2 aromatic rings. The van der Waals surface area contributed by atoms with Gasteiger partial charge in [0.05, 0.1) is 6.33 Å². The van der Waals surface area contributed by atoms with Crippen LogP contribution in [0.15, 0.2) is 41.5 Å². The van der Waals surface area contributed by atoms with Gasteiger partial charge in [-0.05, 0) is 34.6 Å². The van der Waals surface area contributed by atoms with Crippen molar-refractivity contribution in [2.45, 2.75) is 19.9 Å². The molecule has 0 saturated heterocycles. The average molecular weight is 369 g/mol. The smallest absolute Gasteiger partial charge is 0.266 e. The Labute approximate surface area is 126 Å². The first-order chi connectivity index (χ1) is 9.22. The zero-order chi connectivity index (χ0) is 13.7. The molecular formula is C14H16IN3O. The van der Waals surface area contributed by atoms with Crippen LogP contribution in [0.1, 0.15) is 18.9 Å². The normalized spacial score (nSPS) is 10.4. The summed E-state index contributed by atoms with van der Waals surface area (Å²) in [5.74, 6) is 0.759. The Balaban J connectivity index is 2.30. The number of aromatic amines is 1. The third-order valence-corrected chi connectivity index (χ3v) is 3.76. The molecule has 1 aromatic carbocycles. The van der Waals surface area contributed by atoms with Gasteiger partial charge in [0.15, 0.2) is 0 Å². The van der Waals surface area contributed by atoms with Crippen LogP contribution >= 0.6 is 22.6 Å². The Morgan fingerprint density at radius 1 is 1.32 bits per heavy atom. The molecule has 0 atom stereocenters. The van der Waals surface area contributed by atoms with E-state index in [1.165, 1.54) is 11.9 Å². The van der Waals surface area contributed by atoms with Crippen molar-refractivity contribution in [1.82, 2.24) is 9.97 Å². The molecule has 0 aliphatic rings. The molecule has 0 saturated carbocycles. The van der Waals surface area contributed by atoms with Crippen molar-refractivity contribution in [3.63, 3.8) is 0 Å². The first-order valence-electron chi connectivity index (χ1n) is 6.24. The third kappa shape index (κ3) is 3.56. The molecule has 0 radical (unpaired) electrons. The summed E-state index contributed by atoms with van der Waals surface area (Å²) in [6.07, 6.45) is 2.48. The molecule has 2 rings (SSSR count). The van der Waals surface area contributed by atoms with E-state index in [0.29, 0.717) is 3.57 Å². The fourth-order valence-corrected chi connectivity index (χ4v) is 2.56. The number of nitrogens with one attached hydrogen (secondary N) is 1. The summed E-state index contributed by atoms with van der Waals surface area (Å²) in [5, 5.41) is 0. The topological polar surface area (TPSA) is 49.0 Å². The first kappa shape index (κ1) is 14.0. The van der Waals surface area contributed by atoms with E-state index < -0.39 is 0 Å². The SMILES string of the molecule is CCCN(Cc1ccccc1)c1nc[nH]c(=O)c1I. The number of rotatable bonds is 5. The molecule has 5 heteroatoms. The molecular weight excluding hydrogens is 353 g/mol. The van der Waals surface area contributed by atoms with Crippen molar-refractivity contribution in [1.29, 1.82) is 0 Å². The molecule has 0 amide bonds. The van der Waals surface area contributed by atoms with Crippen LogP contribution in [-0.2, 0) is 6.54 Å². The minimum atomic E-state index is -0.0836. The maximum Gasteiger partial charge on any atom is 0.266 e. The summed E-state index contributed by atoms with van der Waals surface area (Å²) in [6.45, 7) is 3.76. The van der Waals surface area contributed by atoms with Crippen LogP contribution in [-0.4, -0.2) is 16.5 Å².